The molecule has 2 aliphatic rings. The van der Waals surface area contributed by atoms with Crippen molar-refractivity contribution in [2.45, 2.75) is 24.9 Å². The summed E-state index contributed by atoms with van der Waals surface area (Å²) in [5.74, 6) is 0.345. The van der Waals surface area contributed by atoms with Crippen molar-refractivity contribution in [3.8, 4) is 17.6 Å². The quantitative estimate of drug-likeness (QED) is 0.563. The van der Waals surface area contributed by atoms with E-state index < -0.39 is 11.5 Å². The van der Waals surface area contributed by atoms with Crippen LogP contribution in [0.5, 0.6) is 11.5 Å². The summed E-state index contributed by atoms with van der Waals surface area (Å²) in [5.41, 5.74) is -0.178. The van der Waals surface area contributed by atoms with E-state index in [1.807, 2.05) is 0 Å². The molecule has 1 amide bonds. The number of hydrogen-bond donors (Lipinski definition) is 1. The SMILES string of the molecule is N#CCCCN1C(=O)[C@@](O)(CC(=O)/C=C\c2ccc3c(c2)OCO3)c2ccccc21. The number of anilines is 1. The molecular weight excluding hydrogens is 384 g/mol. The van der Waals surface area contributed by atoms with Gasteiger partial charge in [-0.3, -0.25) is 9.59 Å². The Labute approximate surface area is 173 Å². The van der Waals surface area contributed by atoms with Gasteiger partial charge in [0.2, 0.25) is 6.79 Å². The minimum atomic E-state index is -1.92. The molecule has 152 valence electrons. The van der Waals surface area contributed by atoms with Crippen molar-refractivity contribution < 1.29 is 24.2 Å². The predicted octanol–water partition coefficient (Wildman–Crippen LogP) is 2.93. The lowest BCUT2D eigenvalue weighted by atomic mass is 9.89. The molecule has 0 aliphatic carbocycles. The van der Waals surface area contributed by atoms with Gasteiger partial charge in [-0.2, -0.15) is 5.26 Å². The number of rotatable bonds is 7. The zero-order chi connectivity index (χ0) is 21.1. The first-order valence-corrected chi connectivity index (χ1v) is 9.64. The lowest BCUT2D eigenvalue weighted by Crippen LogP contribution is -2.42. The molecule has 0 bridgehead atoms. The highest BCUT2D eigenvalue weighted by molar-refractivity contribution is 6.10. The molecule has 1 N–H and O–H groups in total. The summed E-state index contributed by atoms with van der Waals surface area (Å²) in [5, 5.41) is 19.9. The molecular formula is C23H20N2O5. The minimum Gasteiger partial charge on any atom is -0.454 e. The van der Waals surface area contributed by atoms with Gasteiger partial charge in [-0.25, -0.2) is 0 Å². The molecule has 7 heteroatoms. The third-order valence-electron chi connectivity index (χ3n) is 5.20. The van der Waals surface area contributed by atoms with Gasteiger partial charge in [0.15, 0.2) is 22.9 Å². The average molecular weight is 404 g/mol. The Kier molecular flexibility index (Phi) is 5.25. The van der Waals surface area contributed by atoms with E-state index >= 15 is 0 Å². The first-order chi connectivity index (χ1) is 14.5. The lowest BCUT2D eigenvalue weighted by Gasteiger charge is -2.22. The van der Waals surface area contributed by atoms with Crippen LogP contribution in [0.1, 0.15) is 30.4 Å². The van der Waals surface area contributed by atoms with E-state index in [-0.39, 0.29) is 19.0 Å². The standard InChI is InChI=1S/C23H20N2O5/c24-11-3-4-12-25-19-6-2-1-5-18(19)23(28,22(25)27)14-17(26)9-7-16-8-10-20-21(13-16)30-15-29-20/h1-2,5-10,13,28H,3-4,12,14-15H2/b9-7-/t23-/m1/s1. The normalized spacial score (nSPS) is 19.2. The van der Waals surface area contributed by atoms with Crippen LogP contribution in [0.4, 0.5) is 5.69 Å². The molecule has 30 heavy (non-hydrogen) atoms. The smallest absolute Gasteiger partial charge is 0.264 e. The van der Waals surface area contributed by atoms with Crippen LogP contribution in [0.25, 0.3) is 6.08 Å². The summed E-state index contributed by atoms with van der Waals surface area (Å²) in [6.07, 6.45) is 3.40. The molecule has 2 aromatic carbocycles. The van der Waals surface area contributed by atoms with Gasteiger partial charge in [0.25, 0.3) is 5.91 Å². The van der Waals surface area contributed by atoms with Crippen molar-refractivity contribution in [3.05, 3.63) is 59.7 Å². The summed E-state index contributed by atoms with van der Waals surface area (Å²) in [6.45, 7) is 0.480. The van der Waals surface area contributed by atoms with E-state index in [2.05, 4.69) is 6.07 Å². The molecule has 0 saturated carbocycles. The number of aliphatic hydroxyl groups is 1. The molecule has 0 unspecified atom stereocenters. The number of allylic oxidation sites excluding steroid dienone is 1. The number of carbonyl (C=O) groups is 2. The van der Waals surface area contributed by atoms with Crippen LogP contribution in [0, 0.1) is 11.3 Å². The summed E-state index contributed by atoms with van der Waals surface area (Å²) in [4.78, 5) is 27.1. The summed E-state index contributed by atoms with van der Waals surface area (Å²) < 4.78 is 10.6. The van der Waals surface area contributed by atoms with E-state index in [0.29, 0.717) is 42.1 Å². The molecule has 0 aromatic heterocycles. The Balaban J connectivity index is 1.52. The van der Waals surface area contributed by atoms with E-state index in [0.717, 1.165) is 5.56 Å². The number of amides is 1. The molecule has 0 radical (unpaired) electrons. The van der Waals surface area contributed by atoms with Crippen LogP contribution in [-0.2, 0) is 15.2 Å². The Morgan fingerprint density at radius 2 is 2.03 bits per heavy atom. The second-order valence-corrected chi connectivity index (χ2v) is 7.19. The zero-order valence-corrected chi connectivity index (χ0v) is 16.2. The number of fused-ring (bicyclic) bond motifs is 2. The number of para-hydroxylation sites is 1. The molecule has 0 fully saturated rings. The summed E-state index contributed by atoms with van der Waals surface area (Å²) in [7, 11) is 0. The molecule has 2 aliphatic heterocycles. The second-order valence-electron chi connectivity index (χ2n) is 7.19. The maximum Gasteiger partial charge on any atom is 0.264 e. The van der Waals surface area contributed by atoms with E-state index in [4.69, 9.17) is 14.7 Å². The van der Waals surface area contributed by atoms with Crippen molar-refractivity contribution >= 4 is 23.5 Å². The maximum absolute atomic E-state index is 13.0. The average Bonchev–Trinajstić information content (AvgIpc) is 3.29. The molecule has 0 saturated heterocycles. The lowest BCUT2D eigenvalue weighted by molar-refractivity contribution is -0.140. The zero-order valence-electron chi connectivity index (χ0n) is 16.2. The summed E-state index contributed by atoms with van der Waals surface area (Å²) >= 11 is 0. The highest BCUT2D eigenvalue weighted by Gasteiger charge is 2.50. The number of nitrogens with zero attached hydrogens (tertiary/aromatic N) is 2. The number of hydrogen-bond acceptors (Lipinski definition) is 6. The third-order valence-corrected chi connectivity index (χ3v) is 5.20. The predicted molar refractivity (Wildman–Crippen MR) is 109 cm³/mol. The molecule has 4 rings (SSSR count). The number of nitriles is 1. The van der Waals surface area contributed by atoms with E-state index in [1.54, 1.807) is 48.5 Å². The Morgan fingerprint density at radius 1 is 1.23 bits per heavy atom. The highest BCUT2D eigenvalue weighted by Crippen LogP contribution is 2.42. The summed E-state index contributed by atoms with van der Waals surface area (Å²) in [6, 6.07) is 14.3. The van der Waals surface area contributed by atoms with Crippen molar-refractivity contribution in [1.82, 2.24) is 0 Å². The third kappa shape index (κ3) is 3.53. The fourth-order valence-electron chi connectivity index (χ4n) is 3.73. The van der Waals surface area contributed by atoms with Crippen molar-refractivity contribution in [2.24, 2.45) is 0 Å². The van der Waals surface area contributed by atoms with Gasteiger partial charge in [-0.1, -0.05) is 30.3 Å². The van der Waals surface area contributed by atoms with E-state index in [9.17, 15) is 14.7 Å². The maximum atomic E-state index is 13.0. The molecule has 2 aromatic rings. The van der Waals surface area contributed by atoms with Gasteiger partial charge in [0.1, 0.15) is 0 Å². The van der Waals surface area contributed by atoms with Crippen molar-refractivity contribution in [1.29, 1.82) is 5.26 Å². The Morgan fingerprint density at radius 3 is 2.87 bits per heavy atom. The fourth-order valence-corrected chi connectivity index (χ4v) is 3.73. The Hall–Kier alpha value is -3.63. The monoisotopic (exact) mass is 404 g/mol. The molecule has 0 spiro atoms. The van der Waals surface area contributed by atoms with Gasteiger partial charge in [0.05, 0.1) is 18.2 Å². The van der Waals surface area contributed by atoms with Crippen LogP contribution in [0.3, 0.4) is 0 Å². The van der Waals surface area contributed by atoms with Crippen LogP contribution >= 0.6 is 0 Å². The molecule has 2 heterocycles. The van der Waals surface area contributed by atoms with Crippen LogP contribution < -0.4 is 14.4 Å². The highest BCUT2D eigenvalue weighted by atomic mass is 16.7. The van der Waals surface area contributed by atoms with E-state index in [1.165, 1.54) is 11.0 Å². The second kappa shape index (κ2) is 8.01. The largest absolute Gasteiger partial charge is 0.454 e. The van der Waals surface area contributed by atoms with Gasteiger partial charge in [-0.05, 0) is 36.3 Å². The number of carbonyl (C=O) groups excluding carboxylic acids is 2. The van der Waals surface area contributed by atoms with Crippen molar-refractivity contribution in [3.63, 3.8) is 0 Å². The fraction of sp³-hybridized carbons (Fsp3) is 0.261. The van der Waals surface area contributed by atoms with Crippen molar-refractivity contribution in [2.75, 3.05) is 18.2 Å². The minimum absolute atomic E-state index is 0.168. The van der Waals surface area contributed by atoms with Crippen LogP contribution in [-0.4, -0.2) is 30.1 Å². The number of ether oxygens (including phenoxy) is 2. The number of ketones is 1. The van der Waals surface area contributed by atoms with Gasteiger partial charge in [-0.15, -0.1) is 0 Å². The number of unbranched alkanes of at least 4 members (excludes halogenated alkanes) is 1. The topological polar surface area (TPSA) is 99.9 Å². The van der Waals surface area contributed by atoms with Crippen LogP contribution in [0.15, 0.2) is 48.5 Å². The Bertz CT molecular complexity index is 1070. The molecule has 1 atom stereocenters. The first-order valence-electron chi connectivity index (χ1n) is 9.64. The number of benzene rings is 2. The first kappa shape index (κ1) is 19.7. The van der Waals surface area contributed by atoms with Gasteiger partial charge >= 0.3 is 0 Å². The van der Waals surface area contributed by atoms with Gasteiger partial charge < -0.3 is 19.5 Å². The van der Waals surface area contributed by atoms with Crippen LogP contribution in [0.2, 0.25) is 0 Å². The molecule has 7 nitrogen and oxygen atoms in total. The van der Waals surface area contributed by atoms with Gasteiger partial charge in [0, 0.05) is 18.5 Å².